The molecule has 4 aromatic rings. The van der Waals surface area contributed by atoms with Crippen LogP contribution in [0.1, 0.15) is 20.9 Å². The summed E-state index contributed by atoms with van der Waals surface area (Å²) in [5, 5.41) is 6.90. The first-order valence-electron chi connectivity index (χ1n) is 12.4. The molecule has 0 radical (unpaired) electrons. The number of nitrogens with zero attached hydrogens (tertiary/aromatic N) is 2. The van der Waals surface area contributed by atoms with E-state index in [1.807, 2.05) is 47.4 Å². The predicted octanol–water partition coefficient (Wildman–Crippen LogP) is 7.00. The topological polar surface area (TPSA) is 77.8 Å². The van der Waals surface area contributed by atoms with Crippen molar-refractivity contribution >= 4 is 75.3 Å². The zero-order valence-corrected chi connectivity index (χ0v) is 24.1. The molecule has 1 aromatic heterocycles. The van der Waals surface area contributed by atoms with Gasteiger partial charge in [0.15, 0.2) is 10.9 Å². The molecule has 0 bridgehead atoms. The van der Waals surface area contributed by atoms with Gasteiger partial charge in [-0.05, 0) is 66.8 Å². The van der Waals surface area contributed by atoms with E-state index in [-0.39, 0.29) is 16.8 Å². The summed E-state index contributed by atoms with van der Waals surface area (Å²) in [6.07, 6.45) is 0. The number of hydrogen-bond donors (Lipinski definition) is 2. The van der Waals surface area contributed by atoms with Crippen LogP contribution in [-0.4, -0.2) is 48.0 Å². The number of anilines is 2. The normalized spacial score (nSPS) is 13.2. The van der Waals surface area contributed by atoms with Gasteiger partial charge >= 0.3 is 0 Å². The average molecular weight is 614 g/mol. The lowest BCUT2D eigenvalue weighted by Gasteiger charge is -2.36. The van der Waals surface area contributed by atoms with E-state index in [4.69, 9.17) is 51.4 Å². The van der Waals surface area contributed by atoms with Crippen LogP contribution < -0.4 is 15.5 Å². The van der Waals surface area contributed by atoms with E-state index in [0.29, 0.717) is 63.8 Å². The molecule has 2 N–H and O–H groups in total. The van der Waals surface area contributed by atoms with E-state index < -0.39 is 5.91 Å². The fourth-order valence-electron chi connectivity index (χ4n) is 4.38. The standard InChI is InChI=1S/C29H23Cl3N4O3S/c30-21-8-4-7-20(26(21)32)24-11-12-25(39-24)27(37)34-29(40)33-19-9-10-23(22(31)17-19)35-13-15-36(16-14-35)28(38)18-5-2-1-3-6-18/h1-12,17H,13-16H2,(H2,33,34,37,40). The number of halogens is 3. The van der Waals surface area contributed by atoms with E-state index >= 15 is 0 Å². The first-order valence-corrected chi connectivity index (χ1v) is 13.9. The Morgan fingerprint density at radius 3 is 2.30 bits per heavy atom. The van der Waals surface area contributed by atoms with Crippen LogP contribution in [0.2, 0.25) is 15.1 Å². The molecule has 0 spiro atoms. The molecule has 5 rings (SSSR count). The molecule has 7 nitrogen and oxygen atoms in total. The molecule has 0 saturated carbocycles. The lowest BCUT2D eigenvalue weighted by atomic mass is 10.1. The molecule has 1 fully saturated rings. The predicted molar refractivity (Wildman–Crippen MR) is 164 cm³/mol. The van der Waals surface area contributed by atoms with Crippen molar-refractivity contribution in [2.45, 2.75) is 0 Å². The second-order valence-corrected chi connectivity index (χ2v) is 10.6. The minimum Gasteiger partial charge on any atom is -0.451 e. The Morgan fingerprint density at radius 1 is 0.825 bits per heavy atom. The van der Waals surface area contributed by atoms with Gasteiger partial charge in [0.05, 0.1) is 20.8 Å². The summed E-state index contributed by atoms with van der Waals surface area (Å²) in [7, 11) is 0. The number of piperazine rings is 1. The maximum atomic E-state index is 12.7. The third-order valence-corrected chi connectivity index (χ3v) is 7.73. The molecule has 1 saturated heterocycles. The molecule has 204 valence electrons. The third-order valence-electron chi connectivity index (χ3n) is 6.41. The monoisotopic (exact) mass is 612 g/mol. The Balaban J connectivity index is 1.16. The van der Waals surface area contributed by atoms with Crippen LogP contribution in [0.5, 0.6) is 0 Å². The maximum absolute atomic E-state index is 12.7. The molecule has 1 aliphatic heterocycles. The first-order chi connectivity index (χ1) is 19.3. The highest BCUT2D eigenvalue weighted by Crippen LogP contribution is 2.34. The number of nitrogens with one attached hydrogen (secondary N) is 2. The van der Waals surface area contributed by atoms with Gasteiger partial charge in [-0.3, -0.25) is 14.9 Å². The van der Waals surface area contributed by atoms with Crippen LogP contribution in [0, 0.1) is 0 Å². The Morgan fingerprint density at radius 2 is 1.57 bits per heavy atom. The van der Waals surface area contributed by atoms with Crippen LogP contribution in [-0.2, 0) is 0 Å². The highest BCUT2D eigenvalue weighted by Gasteiger charge is 2.23. The van der Waals surface area contributed by atoms with E-state index in [9.17, 15) is 9.59 Å². The van der Waals surface area contributed by atoms with Crippen LogP contribution in [0.15, 0.2) is 83.3 Å². The summed E-state index contributed by atoms with van der Waals surface area (Å²) in [6.45, 7) is 2.51. The summed E-state index contributed by atoms with van der Waals surface area (Å²) in [5.74, 6) is -0.0225. The zero-order chi connectivity index (χ0) is 28.2. The van der Waals surface area contributed by atoms with Gasteiger partial charge in [0, 0.05) is 43.0 Å². The number of carbonyl (C=O) groups is 2. The Hall–Kier alpha value is -3.56. The summed E-state index contributed by atoms with van der Waals surface area (Å²) >= 11 is 24.2. The van der Waals surface area contributed by atoms with E-state index in [0.717, 1.165) is 5.69 Å². The van der Waals surface area contributed by atoms with Gasteiger partial charge in [0.1, 0.15) is 5.76 Å². The zero-order valence-electron chi connectivity index (χ0n) is 21.0. The van der Waals surface area contributed by atoms with Crippen molar-refractivity contribution in [2.75, 3.05) is 36.4 Å². The lowest BCUT2D eigenvalue weighted by Crippen LogP contribution is -2.48. The van der Waals surface area contributed by atoms with Crippen molar-refractivity contribution in [1.29, 1.82) is 0 Å². The first kappa shape index (κ1) is 28.0. The van der Waals surface area contributed by atoms with Gasteiger partial charge in [0.2, 0.25) is 0 Å². The highest BCUT2D eigenvalue weighted by molar-refractivity contribution is 7.80. The van der Waals surface area contributed by atoms with Gasteiger partial charge in [-0.2, -0.15) is 0 Å². The largest absolute Gasteiger partial charge is 0.451 e. The van der Waals surface area contributed by atoms with Gasteiger partial charge in [-0.1, -0.05) is 59.1 Å². The Bertz CT molecular complexity index is 1570. The number of rotatable bonds is 5. The number of amides is 2. The maximum Gasteiger partial charge on any atom is 0.293 e. The van der Waals surface area contributed by atoms with E-state index in [1.54, 1.807) is 30.3 Å². The lowest BCUT2D eigenvalue weighted by molar-refractivity contribution is 0.0746. The highest BCUT2D eigenvalue weighted by atomic mass is 35.5. The average Bonchev–Trinajstić information content (AvgIpc) is 3.45. The number of thiocarbonyl (C=S) groups is 1. The van der Waals surface area contributed by atoms with Crippen molar-refractivity contribution in [1.82, 2.24) is 10.2 Å². The van der Waals surface area contributed by atoms with Gasteiger partial charge in [-0.15, -0.1) is 0 Å². The van der Waals surface area contributed by atoms with Crippen molar-refractivity contribution < 1.29 is 14.0 Å². The summed E-state index contributed by atoms with van der Waals surface area (Å²) in [6, 6.07) is 23.1. The third kappa shape index (κ3) is 6.26. The molecule has 2 heterocycles. The van der Waals surface area contributed by atoms with Crippen LogP contribution in [0.25, 0.3) is 11.3 Å². The Labute approximate surface area is 251 Å². The second kappa shape index (κ2) is 12.3. The minimum absolute atomic E-state index is 0.0282. The molecule has 0 atom stereocenters. The number of hydrogen-bond acceptors (Lipinski definition) is 5. The quantitative estimate of drug-likeness (QED) is 0.236. The number of benzene rings is 3. The van der Waals surface area contributed by atoms with E-state index in [2.05, 4.69) is 15.5 Å². The molecule has 1 aliphatic rings. The van der Waals surface area contributed by atoms with Crippen molar-refractivity contribution in [3.8, 4) is 11.3 Å². The fraction of sp³-hybridized carbons (Fsp3) is 0.138. The summed E-state index contributed by atoms with van der Waals surface area (Å²) < 4.78 is 5.67. The minimum atomic E-state index is -0.521. The Kier molecular flexibility index (Phi) is 8.61. The summed E-state index contributed by atoms with van der Waals surface area (Å²) in [4.78, 5) is 29.4. The van der Waals surface area contributed by atoms with Crippen LogP contribution in [0.4, 0.5) is 11.4 Å². The van der Waals surface area contributed by atoms with E-state index in [1.165, 1.54) is 6.07 Å². The molecule has 2 amide bonds. The smallest absolute Gasteiger partial charge is 0.293 e. The number of carbonyl (C=O) groups excluding carboxylic acids is 2. The molecular weight excluding hydrogens is 591 g/mol. The van der Waals surface area contributed by atoms with Crippen molar-refractivity contribution in [2.24, 2.45) is 0 Å². The SMILES string of the molecule is O=C(NC(=S)Nc1ccc(N2CCN(C(=O)c3ccccc3)CC2)c(Cl)c1)c1ccc(-c2cccc(Cl)c2Cl)o1. The molecule has 40 heavy (non-hydrogen) atoms. The fourth-order valence-corrected chi connectivity index (χ4v) is 5.28. The van der Waals surface area contributed by atoms with Crippen molar-refractivity contribution in [3.63, 3.8) is 0 Å². The second-order valence-electron chi connectivity index (χ2n) is 8.98. The summed E-state index contributed by atoms with van der Waals surface area (Å²) in [5.41, 5.74) is 2.73. The van der Waals surface area contributed by atoms with Gasteiger partial charge in [0.25, 0.3) is 11.8 Å². The van der Waals surface area contributed by atoms with Crippen LogP contribution in [0.3, 0.4) is 0 Å². The molecule has 3 aromatic carbocycles. The van der Waals surface area contributed by atoms with Gasteiger partial charge in [-0.25, -0.2) is 0 Å². The molecule has 0 unspecified atom stereocenters. The van der Waals surface area contributed by atoms with Gasteiger partial charge < -0.3 is 19.5 Å². The van der Waals surface area contributed by atoms with Crippen molar-refractivity contribution in [3.05, 3.63) is 105 Å². The van der Waals surface area contributed by atoms with Crippen LogP contribution >= 0.6 is 47.0 Å². The molecular formula is C29H23Cl3N4O3S. The molecule has 11 heteroatoms. The number of furan rings is 1. The molecule has 0 aliphatic carbocycles.